The van der Waals surface area contributed by atoms with Gasteiger partial charge in [0.2, 0.25) is 0 Å². The Morgan fingerprint density at radius 1 is 1.09 bits per heavy atom. The summed E-state index contributed by atoms with van der Waals surface area (Å²) in [5.74, 6) is -0.884. The fraction of sp³-hybridized carbons (Fsp3) is 0.296. The van der Waals surface area contributed by atoms with Gasteiger partial charge in [0.1, 0.15) is 11.3 Å². The quantitative estimate of drug-likeness (QED) is 0.536. The van der Waals surface area contributed by atoms with Crippen LogP contribution in [0, 0.1) is 0 Å². The van der Waals surface area contributed by atoms with Crippen molar-refractivity contribution >= 4 is 40.9 Å². The molecule has 0 atom stereocenters. The maximum Gasteiger partial charge on any atom is 0.335 e. The molecule has 0 aliphatic carbocycles. The zero-order valence-electron chi connectivity index (χ0n) is 20.4. The summed E-state index contributed by atoms with van der Waals surface area (Å²) in [5, 5.41) is 2.28. The number of barbiturate groups is 1. The van der Waals surface area contributed by atoms with Crippen molar-refractivity contribution in [1.29, 1.82) is 0 Å². The van der Waals surface area contributed by atoms with E-state index in [1.54, 1.807) is 19.2 Å². The van der Waals surface area contributed by atoms with Gasteiger partial charge in [-0.2, -0.15) is 0 Å². The van der Waals surface area contributed by atoms with E-state index in [-0.39, 0.29) is 11.1 Å². The largest absolute Gasteiger partial charge is 0.496 e. The van der Waals surface area contributed by atoms with Crippen LogP contribution in [0.15, 0.2) is 48.0 Å². The Balaban J connectivity index is 1.79. The van der Waals surface area contributed by atoms with Crippen LogP contribution in [0.5, 0.6) is 5.75 Å². The van der Waals surface area contributed by atoms with Gasteiger partial charge < -0.3 is 9.64 Å². The number of anilines is 2. The Kier molecular flexibility index (Phi) is 5.81. The summed E-state index contributed by atoms with van der Waals surface area (Å²) >= 11 is 0. The van der Waals surface area contributed by atoms with Gasteiger partial charge in [0, 0.05) is 29.9 Å². The molecule has 2 aromatic rings. The van der Waals surface area contributed by atoms with Gasteiger partial charge in [0.05, 0.1) is 18.3 Å². The standard InChI is InChI=1S/C27H29N3O4/c1-7-17-8-10-19(11-9-17)30-25(32)21(24(31)28-26(30)33)13-18-12-20-16(2)15-27(3,4)29(5)22(20)14-23(18)34-6/h8-15H,7H2,1-6H3,(H,28,31,33)/b21-13-. The van der Waals surface area contributed by atoms with Crippen molar-refractivity contribution in [3.8, 4) is 5.75 Å². The fourth-order valence-electron chi connectivity index (χ4n) is 4.41. The summed E-state index contributed by atoms with van der Waals surface area (Å²) in [7, 11) is 3.57. The highest BCUT2D eigenvalue weighted by Crippen LogP contribution is 2.42. The predicted octanol–water partition coefficient (Wildman–Crippen LogP) is 4.56. The molecule has 0 saturated carbocycles. The number of urea groups is 1. The number of rotatable bonds is 4. The van der Waals surface area contributed by atoms with Gasteiger partial charge in [-0.1, -0.05) is 25.1 Å². The van der Waals surface area contributed by atoms with Crippen molar-refractivity contribution in [1.82, 2.24) is 5.32 Å². The second kappa shape index (κ2) is 8.48. The van der Waals surface area contributed by atoms with Crippen LogP contribution < -0.4 is 19.9 Å². The second-order valence-corrected chi connectivity index (χ2v) is 9.13. The molecule has 7 nitrogen and oxygen atoms in total. The Bertz CT molecular complexity index is 1260. The van der Waals surface area contributed by atoms with Crippen LogP contribution in [0.1, 0.15) is 44.4 Å². The zero-order valence-corrected chi connectivity index (χ0v) is 20.4. The van der Waals surface area contributed by atoms with Crippen molar-refractivity contribution in [3.05, 3.63) is 64.7 Å². The number of fused-ring (bicyclic) bond motifs is 1. The third-order valence-corrected chi connectivity index (χ3v) is 6.57. The minimum absolute atomic E-state index is 0.136. The summed E-state index contributed by atoms with van der Waals surface area (Å²) in [4.78, 5) is 41.7. The molecule has 1 saturated heterocycles. The van der Waals surface area contributed by atoms with Crippen molar-refractivity contribution < 1.29 is 19.1 Å². The molecule has 0 radical (unpaired) electrons. The number of carbonyl (C=O) groups excluding carboxylic acids is 3. The Morgan fingerprint density at radius 3 is 2.38 bits per heavy atom. The van der Waals surface area contributed by atoms with Crippen LogP contribution in [0.4, 0.5) is 16.2 Å². The van der Waals surface area contributed by atoms with E-state index >= 15 is 0 Å². The average molecular weight is 460 g/mol. The van der Waals surface area contributed by atoms with Gasteiger partial charge in [-0.25, -0.2) is 9.69 Å². The van der Waals surface area contributed by atoms with Crippen LogP contribution >= 0.6 is 0 Å². The first-order valence-corrected chi connectivity index (χ1v) is 11.2. The molecule has 0 aromatic heterocycles. The zero-order chi connectivity index (χ0) is 24.8. The predicted molar refractivity (Wildman–Crippen MR) is 134 cm³/mol. The van der Waals surface area contributed by atoms with E-state index in [9.17, 15) is 14.4 Å². The molecule has 2 aliphatic heterocycles. The molecule has 7 heteroatoms. The molecular formula is C27H29N3O4. The van der Waals surface area contributed by atoms with E-state index in [0.29, 0.717) is 17.0 Å². The van der Waals surface area contributed by atoms with E-state index < -0.39 is 17.8 Å². The maximum atomic E-state index is 13.3. The van der Waals surface area contributed by atoms with Gasteiger partial charge >= 0.3 is 6.03 Å². The number of amides is 4. The number of methoxy groups -OCH3 is 1. The van der Waals surface area contributed by atoms with Crippen LogP contribution in [-0.4, -0.2) is 37.5 Å². The number of hydrogen-bond acceptors (Lipinski definition) is 5. The minimum atomic E-state index is -0.767. The molecule has 2 heterocycles. The lowest BCUT2D eigenvalue weighted by Gasteiger charge is -2.41. The van der Waals surface area contributed by atoms with Crippen molar-refractivity contribution in [3.63, 3.8) is 0 Å². The number of carbonyl (C=O) groups is 3. The topological polar surface area (TPSA) is 79.0 Å². The van der Waals surface area contributed by atoms with Crippen molar-refractivity contribution in [2.24, 2.45) is 0 Å². The molecule has 2 aliphatic rings. The summed E-state index contributed by atoms with van der Waals surface area (Å²) in [6.07, 6.45) is 4.50. The van der Waals surface area contributed by atoms with E-state index in [1.165, 1.54) is 6.08 Å². The molecular weight excluding hydrogens is 430 g/mol. The SMILES string of the molecule is CCc1ccc(N2C(=O)NC(=O)/C(=C/c3cc4c(cc3OC)N(C)C(C)(C)C=C4C)C2=O)cc1. The molecule has 2 aromatic carbocycles. The first-order chi connectivity index (χ1) is 16.1. The van der Waals surface area contributed by atoms with Gasteiger partial charge in [0.25, 0.3) is 11.8 Å². The Hall–Kier alpha value is -3.87. The average Bonchev–Trinajstić information content (AvgIpc) is 2.80. The number of likely N-dealkylation sites (N-methyl/N-ethyl adjacent to an activating group) is 1. The van der Waals surface area contributed by atoms with E-state index in [1.807, 2.05) is 45.2 Å². The van der Waals surface area contributed by atoms with Gasteiger partial charge in [-0.15, -0.1) is 0 Å². The highest BCUT2D eigenvalue weighted by atomic mass is 16.5. The molecule has 176 valence electrons. The molecule has 0 bridgehead atoms. The number of imide groups is 2. The Labute approximate surface area is 199 Å². The van der Waals surface area contributed by atoms with Crippen molar-refractivity contribution in [2.45, 2.75) is 39.7 Å². The van der Waals surface area contributed by atoms with Gasteiger partial charge in [-0.05, 0) is 62.6 Å². The lowest BCUT2D eigenvalue weighted by atomic mass is 9.88. The van der Waals surface area contributed by atoms with E-state index in [2.05, 4.69) is 30.1 Å². The van der Waals surface area contributed by atoms with Crippen LogP contribution in [0.25, 0.3) is 11.6 Å². The first-order valence-electron chi connectivity index (χ1n) is 11.2. The molecule has 1 fully saturated rings. The van der Waals surface area contributed by atoms with Crippen LogP contribution in [-0.2, 0) is 16.0 Å². The smallest absolute Gasteiger partial charge is 0.335 e. The minimum Gasteiger partial charge on any atom is -0.496 e. The monoisotopic (exact) mass is 459 g/mol. The fourth-order valence-corrected chi connectivity index (χ4v) is 4.41. The molecule has 0 spiro atoms. The number of hydrogen-bond donors (Lipinski definition) is 1. The number of allylic oxidation sites excluding steroid dienone is 1. The molecule has 4 amide bonds. The number of nitrogens with zero attached hydrogens (tertiary/aromatic N) is 2. The normalized spacial score (nSPS) is 18.6. The highest BCUT2D eigenvalue weighted by molar-refractivity contribution is 6.39. The molecule has 0 unspecified atom stereocenters. The van der Waals surface area contributed by atoms with Crippen LogP contribution in [0.3, 0.4) is 0 Å². The number of ether oxygens (including phenoxy) is 1. The Morgan fingerprint density at radius 2 is 1.76 bits per heavy atom. The van der Waals surface area contributed by atoms with Gasteiger partial charge in [-0.3, -0.25) is 14.9 Å². The third-order valence-electron chi connectivity index (χ3n) is 6.57. The lowest BCUT2D eigenvalue weighted by Crippen LogP contribution is -2.54. The molecule has 4 rings (SSSR count). The third kappa shape index (κ3) is 3.87. The second-order valence-electron chi connectivity index (χ2n) is 9.13. The first kappa shape index (κ1) is 23.3. The van der Waals surface area contributed by atoms with Crippen molar-refractivity contribution in [2.75, 3.05) is 24.0 Å². The number of benzene rings is 2. The molecule has 34 heavy (non-hydrogen) atoms. The summed E-state index contributed by atoms with van der Waals surface area (Å²) < 4.78 is 5.62. The van der Waals surface area contributed by atoms with Crippen LogP contribution in [0.2, 0.25) is 0 Å². The van der Waals surface area contributed by atoms with E-state index in [4.69, 9.17) is 4.74 Å². The summed E-state index contributed by atoms with van der Waals surface area (Å²) in [6.45, 7) is 8.32. The van der Waals surface area contributed by atoms with Gasteiger partial charge in [0.15, 0.2) is 0 Å². The van der Waals surface area contributed by atoms with E-state index in [0.717, 1.165) is 33.7 Å². The number of aryl methyl sites for hydroxylation is 1. The highest BCUT2D eigenvalue weighted by Gasteiger charge is 2.37. The summed E-state index contributed by atoms with van der Waals surface area (Å²) in [6, 6.07) is 10.2. The molecule has 1 N–H and O–H groups in total. The summed E-state index contributed by atoms with van der Waals surface area (Å²) in [5.41, 5.74) is 4.83. The number of nitrogens with one attached hydrogen (secondary N) is 1. The lowest BCUT2D eigenvalue weighted by molar-refractivity contribution is -0.122. The maximum absolute atomic E-state index is 13.3.